The molecule has 1 aromatic heterocycles. The number of methoxy groups -OCH3 is 1. The van der Waals surface area contributed by atoms with Gasteiger partial charge in [-0.25, -0.2) is 0 Å². The standard InChI is InChI=1S/C21H22N4O/c1-26-17-8-9-19-18(14-17)20(10-11-22-19)24-23-15-16-6-2-3-7-21(16)25-12-4-5-13-25/h2-3,6-11,14-15H,4-5,12-13H2,1H3,(H,22,24). The SMILES string of the molecule is COc1ccc2nccc(NN=Cc3ccccc3N3CCCC3)c2c1. The van der Waals surface area contributed by atoms with Crippen LogP contribution in [0.5, 0.6) is 5.75 Å². The molecule has 0 atom stereocenters. The van der Waals surface area contributed by atoms with Crippen molar-refractivity contribution in [3.63, 3.8) is 0 Å². The lowest BCUT2D eigenvalue weighted by Gasteiger charge is -2.19. The first-order valence-corrected chi connectivity index (χ1v) is 8.91. The second-order valence-corrected chi connectivity index (χ2v) is 6.36. The van der Waals surface area contributed by atoms with E-state index in [0.717, 1.165) is 41.0 Å². The van der Waals surface area contributed by atoms with Gasteiger partial charge in [-0.05, 0) is 43.2 Å². The minimum Gasteiger partial charge on any atom is -0.497 e. The van der Waals surface area contributed by atoms with Crippen LogP contribution >= 0.6 is 0 Å². The summed E-state index contributed by atoms with van der Waals surface area (Å²) in [5.74, 6) is 0.803. The average Bonchev–Trinajstić information content (AvgIpc) is 3.23. The Morgan fingerprint density at radius 3 is 2.81 bits per heavy atom. The zero-order chi connectivity index (χ0) is 17.8. The highest BCUT2D eigenvalue weighted by molar-refractivity contribution is 5.93. The Balaban J connectivity index is 1.59. The van der Waals surface area contributed by atoms with E-state index >= 15 is 0 Å². The molecule has 1 N–H and O–H groups in total. The quantitative estimate of drug-likeness (QED) is 0.553. The number of pyridine rings is 1. The van der Waals surface area contributed by atoms with Gasteiger partial charge in [0.2, 0.25) is 0 Å². The third kappa shape index (κ3) is 3.33. The number of hydrazone groups is 1. The van der Waals surface area contributed by atoms with Crippen LogP contribution in [0.1, 0.15) is 18.4 Å². The Morgan fingerprint density at radius 1 is 1.12 bits per heavy atom. The molecule has 5 heteroatoms. The van der Waals surface area contributed by atoms with E-state index in [1.807, 2.05) is 36.5 Å². The lowest BCUT2D eigenvalue weighted by Crippen LogP contribution is -2.19. The van der Waals surface area contributed by atoms with E-state index < -0.39 is 0 Å². The van der Waals surface area contributed by atoms with Gasteiger partial charge in [-0.2, -0.15) is 5.10 Å². The van der Waals surface area contributed by atoms with Crippen LogP contribution in [0.4, 0.5) is 11.4 Å². The van der Waals surface area contributed by atoms with Crippen molar-refractivity contribution in [2.45, 2.75) is 12.8 Å². The maximum absolute atomic E-state index is 5.32. The molecule has 0 aliphatic carbocycles. The number of ether oxygens (including phenoxy) is 1. The van der Waals surface area contributed by atoms with Crippen molar-refractivity contribution < 1.29 is 4.74 Å². The average molecular weight is 346 g/mol. The number of fused-ring (bicyclic) bond motifs is 1. The normalized spacial score (nSPS) is 14.3. The van der Waals surface area contributed by atoms with Crippen LogP contribution in [0.3, 0.4) is 0 Å². The first kappa shape index (κ1) is 16.4. The summed E-state index contributed by atoms with van der Waals surface area (Å²) in [4.78, 5) is 6.82. The highest BCUT2D eigenvalue weighted by atomic mass is 16.5. The van der Waals surface area contributed by atoms with Crippen molar-refractivity contribution in [3.8, 4) is 5.75 Å². The van der Waals surface area contributed by atoms with Gasteiger partial charge in [-0.3, -0.25) is 10.4 Å². The van der Waals surface area contributed by atoms with Gasteiger partial charge in [-0.1, -0.05) is 18.2 Å². The third-order valence-electron chi connectivity index (χ3n) is 4.72. The van der Waals surface area contributed by atoms with E-state index in [2.05, 4.69) is 38.6 Å². The number of hydrogen-bond donors (Lipinski definition) is 1. The summed E-state index contributed by atoms with van der Waals surface area (Å²) in [5, 5.41) is 5.46. The van der Waals surface area contributed by atoms with Crippen molar-refractivity contribution in [1.29, 1.82) is 0 Å². The van der Waals surface area contributed by atoms with Gasteiger partial charge in [0.15, 0.2) is 0 Å². The molecule has 1 aliphatic heterocycles. The second-order valence-electron chi connectivity index (χ2n) is 6.36. The predicted octanol–water partition coefficient (Wildman–Crippen LogP) is 4.29. The fourth-order valence-electron chi connectivity index (χ4n) is 3.36. The molecule has 0 unspecified atom stereocenters. The summed E-state index contributed by atoms with van der Waals surface area (Å²) in [5.41, 5.74) is 7.34. The number of aromatic nitrogens is 1. The summed E-state index contributed by atoms with van der Waals surface area (Å²) in [7, 11) is 1.66. The molecule has 0 bridgehead atoms. The lowest BCUT2D eigenvalue weighted by molar-refractivity contribution is 0.415. The summed E-state index contributed by atoms with van der Waals surface area (Å²) < 4.78 is 5.32. The zero-order valence-corrected chi connectivity index (χ0v) is 14.9. The van der Waals surface area contributed by atoms with Gasteiger partial charge in [-0.15, -0.1) is 0 Å². The van der Waals surface area contributed by atoms with Crippen molar-refractivity contribution >= 4 is 28.5 Å². The molecule has 3 aromatic rings. The molecule has 1 saturated heterocycles. The molecule has 0 spiro atoms. The Morgan fingerprint density at radius 2 is 1.96 bits per heavy atom. The third-order valence-corrected chi connectivity index (χ3v) is 4.72. The highest BCUT2D eigenvalue weighted by Gasteiger charge is 2.14. The zero-order valence-electron chi connectivity index (χ0n) is 14.9. The first-order chi connectivity index (χ1) is 12.8. The maximum atomic E-state index is 5.32. The number of rotatable bonds is 5. The Hall–Kier alpha value is -3.08. The van der Waals surface area contributed by atoms with Crippen LogP contribution in [0, 0.1) is 0 Å². The summed E-state index contributed by atoms with van der Waals surface area (Å²) >= 11 is 0. The molecular formula is C21H22N4O. The minimum atomic E-state index is 0.803. The van der Waals surface area contributed by atoms with Crippen LogP contribution in [-0.2, 0) is 0 Å². The number of benzene rings is 2. The van der Waals surface area contributed by atoms with Crippen molar-refractivity contribution in [2.24, 2.45) is 5.10 Å². The largest absolute Gasteiger partial charge is 0.497 e. The molecule has 1 fully saturated rings. The fraction of sp³-hybridized carbons (Fsp3) is 0.238. The molecule has 26 heavy (non-hydrogen) atoms. The van der Waals surface area contributed by atoms with Crippen LogP contribution in [0.25, 0.3) is 10.9 Å². The van der Waals surface area contributed by atoms with Crippen LogP contribution in [-0.4, -0.2) is 31.4 Å². The van der Waals surface area contributed by atoms with E-state index in [1.54, 1.807) is 13.3 Å². The number of nitrogens with zero attached hydrogens (tertiary/aromatic N) is 3. The van der Waals surface area contributed by atoms with Gasteiger partial charge < -0.3 is 9.64 Å². The van der Waals surface area contributed by atoms with Crippen molar-refractivity contribution in [2.75, 3.05) is 30.5 Å². The predicted molar refractivity (Wildman–Crippen MR) is 107 cm³/mol. The first-order valence-electron chi connectivity index (χ1n) is 8.91. The number of nitrogens with one attached hydrogen (secondary N) is 1. The van der Waals surface area contributed by atoms with Gasteiger partial charge in [0.05, 0.1) is 24.5 Å². The molecule has 2 aromatic carbocycles. The van der Waals surface area contributed by atoms with Gasteiger partial charge in [0.25, 0.3) is 0 Å². The summed E-state index contributed by atoms with van der Waals surface area (Å²) in [6.45, 7) is 2.24. The van der Waals surface area contributed by atoms with Crippen LogP contribution in [0.15, 0.2) is 59.8 Å². The Kier molecular flexibility index (Phi) is 4.69. The lowest BCUT2D eigenvalue weighted by atomic mass is 10.2. The topological polar surface area (TPSA) is 49.8 Å². The fourth-order valence-corrected chi connectivity index (χ4v) is 3.36. The molecule has 5 nitrogen and oxygen atoms in total. The molecule has 2 heterocycles. The van der Waals surface area contributed by atoms with Crippen LogP contribution in [0.2, 0.25) is 0 Å². The van der Waals surface area contributed by atoms with Crippen molar-refractivity contribution in [3.05, 3.63) is 60.3 Å². The van der Waals surface area contributed by atoms with Crippen molar-refractivity contribution in [1.82, 2.24) is 4.98 Å². The number of hydrogen-bond acceptors (Lipinski definition) is 5. The van der Waals surface area contributed by atoms with E-state index in [0.29, 0.717) is 0 Å². The monoisotopic (exact) mass is 346 g/mol. The van der Waals surface area contributed by atoms with E-state index in [1.165, 1.54) is 18.5 Å². The molecule has 1 aliphatic rings. The number of anilines is 2. The highest BCUT2D eigenvalue weighted by Crippen LogP contribution is 2.26. The second kappa shape index (κ2) is 7.44. The molecule has 0 radical (unpaired) electrons. The minimum absolute atomic E-state index is 0.803. The molecule has 0 saturated carbocycles. The summed E-state index contributed by atoms with van der Waals surface area (Å²) in [6, 6.07) is 16.2. The van der Waals surface area contributed by atoms with E-state index in [-0.39, 0.29) is 0 Å². The van der Waals surface area contributed by atoms with Crippen LogP contribution < -0.4 is 15.1 Å². The Labute approximate surface area is 153 Å². The van der Waals surface area contributed by atoms with Gasteiger partial charge in [0.1, 0.15) is 5.75 Å². The van der Waals surface area contributed by atoms with E-state index in [9.17, 15) is 0 Å². The molecule has 0 amide bonds. The van der Waals surface area contributed by atoms with E-state index in [4.69, 9.17) is 4.74 Å². The van der Waals surface area contributed by atoms with Gasteiger partial charge >= 0.3 is 0 Å². The maximum Gasteiger partial charge on any atom is 0.119 e. The molecule has 4 rings (SSSR count). The Bertz CT molecular complexity index is 932. The molecular weight excluding hydrogens is 324 g/mol. The summed E-state index contributed by atoms with van der Waals surface area (Å²) in [6.07, 6.45) is 6.19. The smallest absolute Gasteiger partial charge is 0.119 e. The molecule has 132 valence electrons. The van der Waals surface area contributed by atoms with Gasteiger partial charge in [0, 0.05) is 35.9 Å². The number of para-hydroxylation sites is 1.